The van der Waals surface area contributed by atoms with Gasteiger partial charge in [-0.15, -0.1) is 5.01 Å². The molecule has 0 heterocycles. The Labute approximate surface area is 154 Å². The van der Waals surface area contributed by atoms with E-state index in [4.69, 9.17) is 9.47 Å². The van der Waals surface area contributed by atoms with Gasteiger partial charge in [-0.3, -0.25) is 4.79 Å². The lowest BCUT2D eigenvalue weighted by Crippen LogP contribution is -2.51. The van der Waals surface area contributed by atoms with Crippen molar-refractivity contribution >= 4 is 18.6 Å². The number of carbonyl (C=O) groups excluding carboxylic acids is 3. The summed E-state index contributed by atoms with van der Waals surface area (Å²) in [6.45, 7) is 10.5. The predicted molar refractivity (Wildman–Crippen MR) is 97.2 cm³/mol. The topological polar surface area (TPSA) is 76.2 Å². The molecule has 144 valence electrons. The van der Waals surface area contributed by atoms with Crippen LogP contribution in [0.4, 0.5) is 9.59 Å². The number of hydrogen-bond acceptors (Lipinski definition) is 5. The van der Waals surface area contributed by atoms with Gasteiger partial charge in [-0.2, -0.15) is 5.01 Å². The molecule has 0 aliphatic rings. The summed E-state index contributed by atoms with van der Waals surface area (Å²) >= 11 is 0. The Balaban J connectivity index is 3.31. The predicted octanol–water partition coefficient (Wildman–Crippen LogP) is 4.21. The van der Waals surface area contributed by atoms with Crippen molar-refractivity contribution in [2.24, 2.45) is 0 Å². The summed E-state index contributed by atoms with van der Waals surface area (Å²) < 4.78 is 10.4. The average Bonchev–Trinajstić information content (AvgIpc) is 2.54. The third-order valence-corrected chi connectivity index (χ3v) is 3.52. The Morgan fingerprint density at radius 1 is 1.00 bits per heavy atom. The van der Waals surface area contributed by atoms with Gasteiger partial charge in [-0.1, -0.05) is 36.8 Å². The molecule has 1 atom stereocenters. The Morgan fingerprint density at radius 2 is 1.50 bits per heavy atom. The van der Waals surface area contributed by atoms with Crippen molar-refractivity contribution in [3.8, 4) is 0 Å². The van der Waals surface area contributed by atoms with Crippen LogP contribution in [-0.2, 0) is 14.3 Å². The second-order valence-corrected chi connectivity index (χ2v) is 6.49. The van der Waals surface area contributed by atoms with Crippen molar-refractivity contribution in [2.45, 2.75) is 66.2 Å². The van der Waals surface area contributed by atoms with E-state index in [2.05, 4.69) is 0 Å². The zero-order valence-electron chi connectivity index (χ0n) is 16.3. The van der Waals surface area contributed by atoms with E-state index >= 15 is 0 Å². The van der Waals surface area contributed by atoms with E-state index in [0.717, 1.165) is 16.1 Å². The fourth-order valence-electron chi connectivity index (χ4n) is 2.40. The van der Waals surface area contributed by atoms with E-state index in [1.165, 1.54) is 0 Å². The molecular weight excluding hydrogens is 336 g/mol. The molecule has 3 amide bonds. The summed E-state index contributed by atoms with van der Waals surface area (Å²) in [5.41, 5.74) is 1.84. The standard InChI is InChI=1S/C19H28N2O5/c1-7-17(16-10-8-15(6)9-11-16)21(19(24)26-14(4)5)20(12-22)18(23)25-13(2)3/h8-14,17H,7H2,1-6H3. The number of ether oxygens (including phenoxy) is 2. The molecule has 1 aromatic carbocycles. The van der Waals surface area contributed by atoms with Gasteiger partial charge in [0.25, 0.3) is 0 Å². The van der Waals surface area contributed by atoms with Gasteiger partial charge in [0.1, 0.15) is 0 Å². The molecule has 0 fully saturated rings. The second-order valence-electron chi connectivity index (χ2n) is 6.49. The lowest BCUT2D eigenvalue weighted by molar-refractivity contribution is -0.133. The third kappa shape index (κ3) is 5.75. The minimum absolute atomic E-state index is 0.267. The minimum atomic E-state index is -0.929. The van der Waals surface area contributed by atoms with Crippen LogP contribution in [0.25, 0.3) is 0 Å². The highest BCUT2D eigenvalue weighted by atomic mass is 16.6. The highest BCUT2D eigenvalue weighted by Crippen LogP contribution is 2.27. The molecule has 0 aromatic heterocycles. The molecule has 0 spiro atoms. The Bertz CT molecular complexity index is 613. The van der Waals surface area contributed by atoms with Crippen molar-refractivity contribution in [3.05, 3.63) is 35.4 Å². The van der Waals surface area contributed by atoms with Gasteiger partial charge in [-0.05, 0) is 46.6 Å². The van der Waals surface area contributed by atoms with Crippen molar-refractivity contribution < 1.29 is 23.9 Å². The molecular formula is C19H28N2O5. The van der Waals surface area contributed by atoms with Crippen LogP contribution >= 0.6 is 0 Å². The molecule has 1 unspecified atom stereocenters. The summed E-state index contributed by atoms with van der Waals surface area (Å²) in [5.74, 6) is 0. The highest BCUT2D eigenvalue weighted by Gasteiger charge is 2.35. The molecule has 0 radical (unpaired) electrons. The Morgan fingerprint density at radius 3 is 1.92 bits per heavy atom. The van der Waals surface area contributed by atoms with Gasteiger partial charge in [-0.25, -0.2) is 9.59 Å². The van der Waals surface area contributed by atoms with Crippen LogP contribution < -0.4 is 0 Å². The fourth-order valence-corrected chi connectivity index (χ4v) is 2.40. The quantitative estimate of drug-likeness (QED) is 0.558. The van der Waals surface area contributed by atoms with E-state index < -0.39 is 30.4 Å². The van der Waals surface area contributed by atoms with E-state index in [1.807, 2.05) is 38.1 Å². The van der Waals surface area contributed by atoms with Crippen LogP contribution in [0.2, 0.25) is 0 Å². The summed E-state index contributed by atoms with van der Waals surface area (Å²) in [6.07, 6.45) is -1.83. The zero-order chi connectivity index (χ0) is 19.9. The molecule has 0 aliphatic heterocycles. The molecule has 0 N–H and O–H groups in total. The first kappa shape index (κ1) is 21.5. The zero-order valence-corrected chi connectivity index (χ0v) is 16.3. The molecule has 26 heavy (non-hydrogen) atoms. The lowest BCUT2D eigenvalue weighted by Gasteiger charge is -2.35. The first-order valence-corrected chi connectivity index (χ1v) is 8.72. The van der Waals surface area contributed by atoms with Gasteiger partial charge >= 0.3 is 12.2 Å². The number of amides is 3. The van der Waals surface area contributed by atoms with E-state index in [1.54, 1.807) is 27.7 Å². The van der Waals surface area contributed by atoms with Gasteiger partial charge in [0.05, 0.1) is 18.2 Å². The monoisotopic (exact) mass is 364 g/mol. The van der Waals surface area contributed by atoms with Crippen molar-refractivity contribution in [2.75, 3.05) is 0 Å². The molecule has 0 saturated carbocycles. The highest BCUT2D eigenvalue weighted by molar-refractivity contribution is 5.84. The number of hydrazine groups is 1. The number of carbonyl (C=O) groups is 3. The summed E-state index contributed by atoms with van der Waals surface area (Å²) in [5, 5.41) is 1.65. The molecule has 1 aromatic rings. The molecule has 7 heteroatoms. The maximum Gasteiger partial charge on any atom is 0.436 e. The lowest BCUT2D eigenvalue weighted by atomic mass is 10.0. The maximum absolute atomic E-state index is 12.7. The first-order valence-electron chi connectivity index (χ1n) is 8.72. The van der Waals surface area contributed by atoms with Crippen LogP contribution in [-0.4, -0.2) is 40.8 Å². The van der Waals surface area contributed by atoms with Crippen molar-refractivity contribution in [1.82, 2.24) is 10.0 Å². The number of aryl methyl sites for hydroxylation is 1. The van der Waals surface area contributed by atoms with E-state index in [9.17, 15) is 14.4 Å². The van der Waals surface area contributed by atoms with Crippen LogP contribution in [0.5, 0.6) is 0 Å². The minimum Gasteiger partial charge on any atom is -0.445 e. The van der Waals surface area contributed by atoms with Crippen LogP contribution in [0.15, 0.2) is 24.3 Å². The number of benzene rings is 1. The average molecular weight is 364 g/mol. The number of hydrogen-bond donors (Lipinski definition) is 0. The molecule has 0 bridgehead atoms. The Hall–Kier alpha value is -2.57. The largest absolute Gasteiger partial charge is 0.445 e. The van der Waals surface area contributed by atoms with Gasteiger partial charge in [0, 0.05) is 0 Å². The molecule has 1 rings (SSSR count). The van der Waals surface area contributed by atoms with E-state index in [-0.39, 0.29) is 6.41 Å². The number of imide groups is 1. The SMILES string of the molecule is CCC(c1ccc(C)cc1)N(C(=O)OC(C)C)N(C=O)C(=O)OC(C)C. The molecule has 7 nitrogen and oxygen atoms in total. The fraction of sp³-hybridized carbons (Fsp3) is 0.526. The van der Waals surface area contributed by atoms with E-state index in [0.29, 0.717) is 11.4 Å². The Kier molecular flexibility index (Phi) is 8.09. The maximum atomic E-state index is 12.7. The second kappa shape index (κ2) is 9.79. The van der Waals surface area contributed by atoms with Crippen LogP contribution in [0, 0.1) is 6.92 Å². The van der Waals surface area contributed by atoms with Crippen LogP contribution in [0.3, 0.4) is 0 Å². The molecule has 0 aliphatic carbocycles. The van der Waals surface area contributed by atoms with Gasteiger partial charge in [0.15, 0.2) is 0 Å². The van der Waals surface area contributed by atoms with Gasteiger partial charge in [0.2, 0.25) is 6.41 Å². The first-order chi connectivity index (χ1) is 12.2. The molecule has 0 saturated heterocycles. The summed E-state index contributed by atoms with van der Waals surface area (Å²) in [6, 6.07) is 6.96. The van der Waals surface area contributed by atoms with Crippen LogP contribution in [0.1, 0.15) is 58.2 Å². The summed E-state index contributed by atoms with van der Waals surface area (Å²) in [4.78, 5) is 36.7. The smallest absolute Gasteiger partial charge is 0.436 e. The normalized spacial score (nSPS) is 11.8. The number of rotatable bonds is 6. The summed E-state index contributed by atoms with van der Waals surface area (Å²) in [7, 11) is 0. The van der Waals surface area contributed by atoms with Gasteiger partial charge < -0.3 is 9.47 Å². The van der Waals surface area contributed by atoms with Crippen molar-refractivity contribution in [3.63, 3.8) is 0 Å². The third-order valence-electron chi connectivity index (χ3n) is 3.52. The number of nitrogens with zero attached hydrogens (tertiary/aromatic N) is 2. The van der Waals surface area contributed by atoms with Crippen molar-refractivity contribution in [1.29, 1.82) is 0 Å².